The Labute approximate surface area is 106 Å². The zero-order chi connectivity index (χ0) is 12.5. The highest BCUT2D eigenvalue weighted by Crippen LogP contribution is 2.28. The largest absolute Gasteiger partial charge is 0.390 e. The van der Waals surface area contributed by atoms with E-state index >= 15 is 0 Å². The summed E-state index contributed by atoms with van der Waals surface area (Å²) in [7, 11) is 0. The zero-order valence-electron chi connectivity index (χ0n) is 10.3. The maximum absolute atomic E-state index is 11.9. The topological polar surface area (TPSA) is 75.4 Å². The highest BCUT2D eigenvalue weighted by Gasteiger charge is 2.30. The summed E-state index contributed by atoms with van der Waals surface area (Å²) in [6.07, 6.45) is 5.64. The Hall–Kier alpha value is -1.36. The minimum Gasteiger partial charge on any atom is -0.390 e. The molecule has 2 aliphatic rings. The van der Waals surface area contributed by atoms with Gasteiger partial charge in [0.15, 0.2) is 0 Å². The second kappa shape index (κ2) is 4.72. The molecular weight excluding hydrogens is 232 g/mol. The first-order valence-electron chi connectivity index (χ1n) is 6.65. The van der Waals surface area contributed by atoms with Crippen LogP contribution in [0.3, 0.4) is 0 Å². The lowest BCUT2D eigenvalue weighted by molar-refractivity contribution is -0.128. The molecule has 2 aliphatic carbocycles. The fourth-order valence-electron chi connectivity index (χ4n) is 2.70. The molecular formula is C13H18N2O3. The fourth-order valence-corrected chi connectivity index (χ4v) is 2.70. The van der Waals surface area contributed by atoms with E-state index in [4.69, 9.17) is 4.52 Å². The van der Waals surface area contributed by atoms with Gasteiger partial charge in [-0.3, -0.25) is 4.79 Å². The summed E-state index contributed by atoms with van der Waals surface area (Å²) in [6.45, 7) is -0.0951. The number of nitrogens with zero attached hydrogens (tertiary/aromatic N) is 1. The van der Waals surface area contributed by atoms with Crippen LogP contribution >= 0.6 is 0 Å². The molecule has 3 rings (SSSR count). The number of aliphatic hydroxyl groups is 1. The molecule has 98 valence electrons. The minimum absolute atomic E-state index is 0.0951. The molecule has 1 amide bonds. The number of nitrogens with one attached hydrogen (secondary N) is 1. The second-order valence-corrected chi connectivity index (χ2v) is 5.27. The maximum atomic E-state index is 11.9. The molecule has 0 aliphatic heterocycles. The summed E-state index contributed by atoms with van der Waals surface area (Å²) >= 11 is 0. The van der Waals surface area contributed by atoms with Crippen LogP contribution in [0.15, 0.2) is 4.52 Å². The Bertz CT molecular complexity index is 438. The molecule has 0 saturated heterocycles. The smallest absolute Gasteiger partial charge is 0.223 e. The molecule has 1 fully saturated rings. The van der Waals surface area contributed by atoms with E-state index in [1.54, 1.807) is 0 Å². The van der Waals surface area contributed by atoms with E-state index in [0.717, 1.165) is 43.4 Å². The van der Waals surface area contributed by atoms with Gasteiger partial charge < -0.3 is 14.9 Å². The van der Waals surface area contributed by atoms with Crippen LogP contribution in [0.5, 0.6) is 0 Å². The third-order valence-electron chi connectivity index (χ3n) is 4.09. The molecule has 1 atom stereocenters. The summed E-state index contributed by atoms with van der Waals surface area (Å²) in [5.41, 5.74) is 1.61. The first-order chi connectivity index (χ1) is 8.78. The van der Waals surface area contributed by atoms with Gasteiger partial charge in [0.2, 0.25) is 5.91 Å². The van der Waals surface area contributed by atoms with Crippen molar-refractivity contribution in [2.45, 2.75) is 51.2 Å². The van der Waals surface area contributed by atoms with Gasteiger partial charge in [-0.2, -0.15) is 0 Å². The van der Waals surface area contributed by atoms with Crippen molar-refractivity contribution in [1.82, 2.24) is 10.5 Å². The van der Waals surface area contributed by atoms with Gasteiger partial charge in [0.05, 0.1) is 6.61 Å². The normalized spacial score (nSPS) is 23.3. The van der Waals surface area contributed by atoms with Gasteiger partial charge in [-0.1, -0.05) is 11.6 Å². The molecule has 1 unspecified atom stereocenters. The highest BCUT2D eigenvalue weighted by atomic mass is 16.5. The quantitative estimate of drug-likeness (QED) is 0.837. The van der Waals surface area contributed by atoms with E-state index in [2.05, 4.69) is 10.5 Å². The monoisotopic (exact) mass is 250 g/mol. The molecule has 5 nitrogen and oxygen atoms in total. The number of carbonyl (C=O) groups excluding carboxylic acids is 1. The molecule has 0 aromatic carbocycles. The predicted octanol–water partition coefficient (Wildman–Crippen LogP) is 0.940. The third kappa shape index (κ3) is 2.03. The average molecular weight is 250 g/mol. The van der Waals surface area contributed by atoms with Crippen LogP contribution in [0.1, 0.15) is 42.7 Å². The van der Waals surface area contributed by atoms with E-state index in [9.17, 15) is 9.90 Å². The molecule has 18 heavy (non-hydrogen) atoms. The van der Waals surface area contributed by atoms with Gasteiger partial charge in [0, 0.05) is 23.9 Å². The third-order valence-corrected chi connectivity index (χ3v) is 4.09. The number of hydrogen-bond acceptors (Lipinski definition) is 4. The van der Waals surface area contributed by atoms with E-state index in [1.165, 1.54) is 6.42 Å². The summed E-state index contributed by atoms with van der Waals surface area (Å²) in [6, 6.07) is 0.162. The summed E-state index contributed by atoms with van der Waals surface area (Å²) in [5, 5.41) is 16.1. The van der Waals surface area contributed by atoms with Gasteiger partial charge in [-0.05, 0) is 25.7 Å². The molecule has 5 heteroatoms. The molecule has 2 N–H and O–H groups in total. The molecule has 0 spiro atoms. The van der Waals surface area contributed by atoms with E-state index in [0.29, 0.717) is 5.69 Å². The maximum Gasteiger partial charge on any atom is 0.223 e. The molecule has 1 aromatic heterocycles. The SMILES string of the molecule is O=C(NC1CCc2onc(CO)c2C1)C1CCC1. The van der Waals surface area contributed by atoms with Crippen molar-refractivity contribution >= 4 is 5.91 Å². The molecule has 1 saturated carbocycles. The fraction of sp³-hybridized carbons (Fsp3) is 0.692. The number of aryl methyl sites for hydroxylation is 1. The van der Waals surface area contributed by atoms with Crippen LogP contribution in [-0.4, -0.2) is 22.2 Å². The lowest BCUT2D eigenvalue weighted by Gasteiger charge is -2.28. The summed E-state index contributed by atoms with van der Waals surface area (Å²) < 4.78 is 5.19. The van der Waals surface area contributed by atoms with Crippen LogP contribution in [0.2, 0.25) is 0 Å². The lowest BCUT2D eigenvalue weighted by Crippen LogP contribution is -2.43. The van der Waals surface area contributed by atoms with Crippen molar-refractivity contribution in [3.05, 3.63) is 17.0 Å². The van der Waals surface area contributed by atoms with Crippen LogP contribution in [-0.2, 0) is 24.2 Å². The standard InChI is InChI=1S/C13H18N2O3/c16-7-11-10-6-9(4-5-12(10)18-15-11)14-13(17)8-2-1-3-8/h8-9,16H,1-7H2,(H,14,17). The van der Waals surface area contributed by atoms with Gasteiger partial charge in [-0.15, -0.1) is 0 Å². The summed E-state index contributed by atoms with van der Waals surface area (Å²) in [5.74, 6) is 1.29. The number of hydrogen-bond donors (Lipinski definition) is 2. The van der Waals surface area contributed by atoms with E-state index < -0.39 is 0 Å². The molecule has 0 bridgehead atoms. The Morgan fingerprint density at radius 3 is 2.94 bits per heavy atom. The second-order valence-electron chi connectivity index (χ2n) is 5.27. The molecule has 0 radical (unpaired) electrons. The first-order valence-corrected chi connectivity index (χ1v) is 6.65. The van der Waals surface area contributed by atoms with E-state index in [1.807, 2.05) is 0 Å². The number of fused-ring (bicyclic) bond motifs is 1. The van der Waals surface area contributed by atoms with Gasteiger partial charge in [0.25, 0.3) is 0 Å². The number of aliphatic hydroxyl groups excluding tert-OH is 1. The number of rotatable bonds is 3. The Morgan fingerprint density at radius 1 is 1.44 bits per heavy atom. The lowest BCUT2D eigenvalue weighted by atomic mass is 9.84. The predicted molar refractivity (Wildman–Crippen MR) is 63.7 cm³/mol. The average Bonchev–Trinajstić information content (AvgIpc) is 2.68. The van der Waals surface area contributed by atoms with Crippen molar-refractivity contribution in [1.29, 1.82) is 0 Å². The number of aromatic nitrogens is 1. The van der Waals surface area contributed by atoms with Crippen molar-refractivity contribution in [3.63, 3.8) is 0 Å². The van der Waals surface area contributed by atoms with Crippen LogP contribution in [0.4, 0.5) is 0 Å². The Kier molecular flexibility index (Phi) is 3.07. The number of amides is 1. The number of carbonyl (C=O) groups is 1. The van der Waals surface area contributed by atoms with Gasteiger partial charge >= 0.3 is 0 Å². The van der Waals surface area contributed by atoms with Gasteiger partial charge in [-0.25, -0.2) is 0 Å². The Balaban J connectivity index is 1.64. The van der Waals surface area contributed by atoms with E-state index in [-0.39, 0.29) is 24.5 Å². The molecule has 1 aromatic rings. The van der Waals surface area contributed by atoms with Crippen molar-refractivity contribution in [3.8, 4) is 0 Å². The summed E-state index contributed by atoms with van der Waals surface area (Å²) in [4.78, 5) is 11.9. The minimum atomic E-state index is -0.0951. The van der Waals surface area contributed by atoms with Gasteiger partial charge in [0.1, 0.15) is 11.5 Å². The first kappa shape index (κ1) is 11.7. The van der Waals surface area contributed by atoms with Crippen LogP contribution in [0.25, 0.3) is 0 Å². The highest BCUT2D eigenvalue weighted by molar-refractivity contribution is 5.79. The van der Waals surface area contributed by atoms with Crippen LogP contribution in [0, 0.1) is 5.92 Å². The van der Waals surface area contributed by atoms with Crippen molar-refractivity contribution < 1.29 is 14.4 Å². The van der Waals surface area contributed by atoms with Crippen LogP contribution < -0.4 is 5.32 Å². The zero-order valence-corrected chi connectivity index (χ0v) is 10.3. The van der Waals surface area contributed by atoms with Crippen molar-refractivity contribution in [2.24, 2.45) is 5.92 Å². The Morgan fingerprint density at radius 2 is 2.28 bits per heavy atom. The molecule has 1 heterocycles. The van der Waals surface area contributed by atoms with Crippen molar-refractivity contribution in [2.75, 3.05) is 0 Å².